The van der Waals surface area contributed by atoms with Gasteiger partial charge in [-0.15, -0.1) is 15.3 Å². The Labute approximate surface area is 142 Å². The lowest BCUT2D eigenvalue weighted by atomic mass is 9.86. The van der Waals surface area contributed by atoms with Gasteiger partial charge in [-0.3, -0.25) is 4.79 Å². The highest BCUT2D eigenvalue weighted by Crippen LogP contribution is 2.35. The van der Waals surface area contributed by atoms with E-state index in [4.69, 9.17) is 0 Å². The van der Waals surface area contributed by atoms with Crippen LogP contribution in [0.25, 0.3) is 5.65 Å². The van der Waals surface area contributed by atoms with Crippen molar-refractivity contribution in [3.63, 3.8) is 0 Å². The van der Waals surface area contributed by atoms with Crippen molar-refractivity contribution >= 4 is 17.4 Å². The summed E-state index contributed by atoms with van der Waals surface area (Å²) >= 11 is 0. The quantitative estimate of drug-likeness (QED) is 0.706. The fourth-order valence-corrected chi connectivity index (χ4v) is 3.79. The highest BCUT2D eigenvalue weighted by Gasteiger charge is 2.48. The third kappa shape index (κ3) is 2.17. The van der Waals surface area contributed by atoms with Crippen LogP contribution in [0.15, 0.2) is 42.7 Å². The lowest BCUT2D eigenvalue weighted by molar-refractivity contribution is 0.00534. The number of hydrogen-bond acceptors (Lipinski definition) is 5. The van der Waals surface area contributed by atoms with Gasteiger partial charge in [-0.05, 0) is 30.7 Å². The molecule has 5 heterocycles. The van der Waals surface area contributed by atoms with E-state index in [9.17, 15) is 9.18 Å². The number of carbonyl (C=O) groups excluding carboxylic acids is 1. The number of rotatable bonds is 2. The molecule has 2 aromatic heterocycles. The van der Waals surface area contributed by atoms with E-state index in [0.29, 0.717) is 18.7 Å². The van der Waals surface area contributed by atoms with Crippen LogP contribution in [-0.4, -0.2) is 55.8 Å². The first-order valence-corrected chi connectivity index (χ1v) is 8.20. The van der Waals surface area contributed by atoms with Gasteiger partial charge < -0.3 is 9.80 Å². The van der Waals surface area contributed by atoms with Gasteiger partial charge in [0.2, 0.25) is 0 Å². The van der Waals surface area contributed by atoms with Crippen LogP contribution < -0.4 is 4.90 Å². The lowest BCUT2D eigenvalue weighted by Gasteiger charge is -2.56. The first kappa shape index (κ1) is 14.3. The van der Waals surface area contributed by atoms with E-state index in [1.807, 2.05) is 17.0 Å². The molecule has 6 rings (SSSR count). The molecule has 2 unspecified atom stereocenters. The highest BCUT2D eigenvalue weighted by atomic mass is 19.1. The number of amides is 1. The summed E-state index contributed by atoms with van der Waals surface area (Å²) in [5.41, 5.74) is 0.844. The van der Waals surface area contributed by atoms with Gasteiger partial charge in [0.1, 0.15) is 18.0 Å². The first-order chi connectivity index (χ1) is 12.2. The Morgan fingerprint density at radius 1 is 1.12 bits per heavy atom. The molecule has 8 heteroatoms. The van der Waals surface area contributed by atoms with Crippen LogP contribution in [0.2, 0.25) is 0 Å². The smallest absolute Gasteiger partial charge is 0.257 e. The molecule has 0 saturated carbocycles. The zero-order chi connectivity index (χ0) is 17.0. The van der Waals surface area contributed by atoms with Crippen LogP contribution in [-0.2, 0) is 0 Å². The summed E-state index contributed by atoms with van der Waals surface area (Å²) in [6.45, 7) is 1.38. The van der Waals surface area contributed by atoms with Gasteiger partial charge in [0, 0.05) is 13.1 Å². The standard InChI is InChI=1S/C17H15FN6O/c18-14-4-2-1-3-13(14)17(25)24-11-7-12(24)9-22(8-11)16-6-5-15-20-19-10-23(15)21-16/h1-6,10-12H,7-9H2. The number of carbonyl (C=O) groups is 1. The van der Waals surface area contributed by atoms with Crippen LogP contribution in [0, 0.1) is 5.82 Å². The normalized spacial score (nSPS) is 22.1. The molecule has 3 fully saturated rings. The van der Waals surface area contributed by atoms with Gasteiger partial charge in [0.15, 0.2) is 5.65 Å². The van der Waals surface area contributed by atoms with Crippen LogP contribution in [0.3, 0.4) is 0 Å². The molecule has 0 radical (unpaired) electrons. The van der Waals surface area contributed by atoms with Crippen molar-refractivity contribution in [2.75, 3.05) is 18.0 Å². The number of aromatic nitrogens is 4. The number of piperazine rings is 1. The molecule has 3 saturated heterocycles. The van der Waals surface area contributed by atoms with Crippen LogP contribution >= 0.6 is 0 Å². The first-order valence-electron chi connectivity index (χ1n) is 8.20. The summed E-state index contributed by atoms with van der Waals surface area (Å²) in [6, 6.07) is 10.1. The Balaban J connectivity index is 1.37. The van der Waals surface area contributed by atoms with E-state index in [1.165, 1.54) is 6.07 Å². The minimum Gasteiger partial charge on any atom is -0.351 e. The second-order valence-corrected chi connectivity index (χ2v) is 6.47. The van der Waals surface area contributed by atoms with Gasteiger partial charge in [-0.1, -0.05) is 12.1 Å². The molecule has 3 aromatic rings. The summed E-state index contributed by atoms with van der Waals surface area (Å²) in [7, 11) is 0. The number of hydrogen-bond donors (Lipinski definition) is 0. The van der Waals surface area contributed by atoms with E-state index in [1.54, 1.807) is 29.0 Å². The fraction of sp³-hybridized carbons (Fsp3) is 0.294. The maximum atomic E-state index is 13.9. The maximum absolute atomic E-state index is 13.9. The third-order valence-electron chi connectivity index (χ3n) is 5.00. The van der Waals surface area contributed by atoms with Gasteiger partial charge >= 0.3 is 0 Å². The van der Waals surface area contributed by atoms with Crippen molar-refractivity contribution in [3.8, 4) is 0 Å². The Morgan fingerprint density at radius 2 is 1.92 bits per heavy atom. The molecule has 7 nitrogen and oxygen atoms in total. The number of benzene rings is 1. The summed E-state index contributed by atoms with van der Waals surface area (Å²) in [5.74, 6) is 0.148. The molecule has 25 heavy (non-hydrogen) atoms. The van der Waals surface area contributed by atoms with Crippen molar-refractivity contribution in [3.05, 3.63) is 54.1 Å². The van der Waals surface area contributed by atoms with Gasteiger partial charge in [-0.25, -0.2) is 4.39 Å². The van der Waals surface area contributed by atoms with Crippen molar-refractivity contribution in [2.24, 2.45) is 0 Å². The van der Waals surface area contributed by atoms with E-state index < -0.39 is 5.82 Å². The van der Waals surface area contributed by atoms with Crippen LogP contribution in [0.4, 0.5) is 10.2 Å². The predicted octanol–water partition coefficient (Wildman–Crippen LogP) is 1.37. The van der Waals surface area contributed by atoms with Crippen LogP contribution in [0.5, 0.6) is 0 Å². The topological polar surface area (TPSA) is 66.6 Å². The molecule has 1 amide bonds. The SMILES string of the molecule is O=C(c1ccccc1F)N1C2CC1CN(c1ccc3nncn3n1)C2. The third-order valence-corrected chi connectivity index (χ3v) is 5.00. The molecule has 3 aliphatic heterocycles. The molecular weight excluding hydrogens is 323 g/mol. The number of halogens is 1. The predicted molar refractivity (Wildman–Crippen MR) is 87.8 cm³/mol. The Kier molecular flexibility index (Phi) is 3.00. The van der Waals surface area contributed by atoms with Crippen molar-refractivity contribution in [2.45, 2.75) is 18.5 Å². The zero-order valence-electron chi connectivity index (χ0n) is 13.3. The average molecular weight is 338 g/mol. The molecular formula is C17H15FN6O. The molecule has 0 aliphatic carbocycles. The van der Waals surface area contributed by atoms with Crippen molar-refractivity contribution < 1.29 is 9.18 Å². The summed E-state index contributed by atoms with van der Waals surface area (Å²) in [4.78, 5) is 16.6. The Morgan fingerprint density at radius 3 is 2.72 bits per heavy atom. The average Bonchev–Trinajstić information content (AvgIpc) is 3.09. The van der Waals surface area contributed by atoms with E-state index in [2.05, 4.69) is 20.2 Å². The van der Waals surface area contributed by atoms with Gasteiger partial charge in [0.05, 0.1) is 17.6 Å². The second kappa shape index (κ2) is 5.23. The Bertz CT molecular complexity index is 960. The Hall–Kier alpha value is -3.03. The summed E-state index contributed by atoms with van der Waals surface area (Å²) < 4.78 is 15.6. The number of nitrogens with zero attached hydrogens (tertiary/aromatic N) is 6. The maximum Gasteiger partial charge on any atom is 0.257 e. The van der Waals surface area contributed by atoms with E-state index >= 15 is 0 Å². The fourth-order valence-electron chi connectivity index (χ4n) is 3.79. The number of anilines is 1. The summed E-state index contributed by atoms with van der Waals surface area (Å²) in [6.07, 6.45) is 2.52. The largest absolute Gasteiger partial charge is 0.351 e. The molecule has 2 atom stereocenters. The molecule has 0 N–H and O–H groups in total. The van der Waals surface area contributed by atoms with E-state index in [-0.39, 0.29) is 23.6 Å². The minimum atomic E-state index is -0.464. The van der Waals surface area contributed by atoms with Gasteiger partial charge in [-0.2, -0.15) is 4.52 Å². The summed E-state index contributed by atoms with van der Waals surface area (Å²) in [5, 5.41) is 12.3. The van der Waals surface area contributed by atoms with Crippen LogP contribution in [0.1, 0.15) is 16.8 Å². The van der Waals surface area contributed by atoms with Crippen molar-refractivity contribution in [1.82, 2.24) is 24.7 Å². The second-order valence-electron chi connectivity index (χ2n) is 6.47. The zero-order valence-corrected chi connectivity index (χ0v) is 13.3. The molecule has 2 bridgehead atoms. The lowest BCUT2D eigenvalue weighted by Crippen LogP contribution is -2.70. The van der Waals surface area contributed by atoms with Crippen molar-refractivity contribution in [1.29, 1.82) is 0 Å². The number of fused-ring (bicyclic) bond motifs is 3. The molecule has 1 aromatic carbocycles. The van der Waals surface area contributed by atoms with E-state index in [0.717, 1.165) is 12.2 Å². The highest BCUT2D eigenvalue weighted by molar-refractivity contribution is 5.95. The number of piperidine rings is 1. The minimum absolute atomic E-state index is 0.0873. The van der Waals surface area contributed by atoms with Gasteiger partial charge in [0.25, 0.3) is 5.91 Å². The molecule has 126 valence electrons. The molecule has 3 aliphatic rings. The molecule has 0 spiro atoms. The monoisotopic (exact) mass is 338 g/mol.